The van der Waals surface area contributed by atoms with Crippen LogP contribution in [0.4, 0.5) is 0 Å². The number of nitrogens with one attached hydrogen (secondary N) is 1. The number of hydrogen-bond donors (Lipinski definition) is 1. The van der Waals surface area contributed by atoms with Crippen molar-refractivity contribution >= 4 is 0 Å². The predicted molar refractivity (Wildman–Crippen MR) is 86.3 cm³/mol. The molecule has 1 fully saturated rings. The van der Waals surface area contributed by atoms with Gasteiger partial charge in [-0.2, -0.15) is 5.10 Å². The van der Waals surface area contributed by atoms with Gasteiger partial charge >= 0.3 is 0 Å². The molecule has 1 N–H and O–H groups in total. The van der Waals surface area contributed by atoms with E-state index in [2.05, 4.69) is 53.9 Å². The molecule has 1 aliphatic carbocycles. The van der Waals surface area contributed by atoms with Crippen LogP contribution in [-0.4, -0.2) is 22.9 Å². The van der Waals surface area contributed by atoms with E-state index in [4.69, 9.17) is 0 Å². The highest BCUT2D eigenvalue weighted by Crippen LogP contribution is 2.47. The summed E-state index contributed by atoms with van der Waals surface area (Å²) in [7, 11) is 4.14. The first-order chi connectivity index (χ1) is 10.3. The molecule has 3 nitrogen and oxygen atoms in total. The minimum absolute atomic E-state index is 0.328. The van der Waals surface area contributed by atoms with Crippen LogP contribution in [0.2, 0.25) is 0 Å². The Hall–Kier alpha value is -1.61. The van der Waals surface area contributed by atoms with Gasteiger partial charge < -0.3 is 5.32 Å². The van der Waals surface area contributed by atoms with Crippen LogP contribution in [0.5, 0.6) is 0 Å². The maximum Gasteiger partial charge on any atom is 0.0492 e. The molecule has 0 amide bonds. The molecule has 1 aromatic heterocycles. The summed E-state index contributed by atoms with van der Waals surface area (Å²) in [5.74, 6) is 0. The van der Waals surface area contributed by atoms with Crippen molar-refractivity contribution in [3.8, 4) is 0 Å². The molecule has 21 heavy (non-hydrogen) atoms. The summed E-state index contributed by atoms with van der Waals surface area (Å²) in [4.78, 5) is 0. The number of aryl methyl sites for hydroxylation is 2. The molecule has 1 aromatic carbocycles. The van der Waals surface area contributed by atoms with E-state index in [9.17, 15) is 0 Å². The summed E-state index contributed by atoms with van der Waals surface area (Å²) in [6, 6.07) is 13.7. The van der Waals surface area contributed by atoms with E-state index in [1.54, 1.807) is 0 Å². The van der Waals surface area contributed by atoms with Crippen LogP contribution in [0, 0.1) is 0 Å². The standard InChI is InChI=1S/C18H25N3/c1-19-17(10-9-16-11-14-20-21(16)2)18(12-6-13-18)15-7-4-3-5-8-15/h3-5,7-8,11,14,17,19H,6,9-10,12-13H2,1-2H3. The third-order valence-corrected chi connectivity index (χ3v) is 5.22. The van der Waals surface area contributed by atoms with E-state index in [1.807, 2.05) is 17.9 Å². The lowest BCUT2D eigenvalue weighted by atomic mass is 9.59. The molecule has 1 aliphatic rings. The molecule has 112 valence electrons. The van der Waals surface area contributed by atoms with Crippen molar-refractivity contribution in [1.82, 2.24) is 15.1 Å². The molecule has 1 saturated carbocycles. The van der Waals surface area contributed by atoms with E-state index in [0.29, 0.717) is 11.5 Å². The van der Waals surface area contributed by atoms with E-state index in [0.717, 1.165) is 12.8 Å². The molecule has 0 radical (unpaired) electrons. The second-order valence-corrected chi connectivity index (χ2v) is 6.20. The summed E-state index contributed by atoms with van der Waals surface area (Å²) in [6.45, 7) is 0. The molecule has 3 heteroatoms. The molecule has 3 rings (SSSR count). The Morgan fingerprint density at radius 2 is 2.00 bits per heavy atom. The fourth-order valence-corrected chi connectivity index (χ4v) is 3.80. The molecule has 0 aliphatic heterocycles. The highest BCUT2D eigenvalue weighted by Gasteiger charge is 2.44. The molecule has 1 atom stereocenters. The monoisotopic (exact) mass is 283 g/mol. The van der Waals surface area contributed by atoms with Crippen molar-refractivity contribution in [2.75, 3.05) is 7.05 Å². The quantitative estimate of drug-likeness (QED) is 0.883. The number of likely N-dealkylation sites (N-methyl/N-ethyl adjacent to an activating group) is 1. The van der Waals surface area contributed by atoms with Gasteiger partial charge in [0, 0.05) is 30.4 Å². The molecule has 1 heterocycles. The van der Waals surface area contributed by atoms with Crippen LogP contribution in [0.15, 0.2) is 42.6 Å². The zero-order chi connectivity index (χ0) is 14.7. The van der Waals surface area contributed by atoms with Gasteiger partial charge in [-0.1, -0.05) is 36.8 Å². The first-order valence-corrected chi connectivity index (χ1v) is 7.96. The Kier molecular flexibility index (Phi) is 4.11. The second-order valence-electron chi connectivity index (χ2n) is 6.20. The van der Waals surface area contributed by atoms with E-state index in [-0.39, 0.29) is 0 Å². The molecule has 2 aromatic rings. The fraction of sp³-hybridized carbons (Fsp3) is 0.500. The Labute approximate surface area is 127 Å². The van der Waals surface area contributed by atoms with Crippen molar-refractivity contribution in [1.29, 1.82) is 0 Å². The lowest BCUT2D eigenvalue weighted by Gasteiger charge is -2.48. The number of rotatable bonds is 6. The minimum Gasteiger partial charge on any atom is -0.316 e. The van der Waals surface area contributed by atoms with Crippen LogP contribution in [0.3, 0.4) is 0 Å². The SMILES string of the molecule is CNC(CCc1ccnn1C)C1(c2ccccc2)CCC1. The van der Waals surface area contributed by atoms with E-state index in [1.165, 1.54) is 30.5 Å². The predicted octanol–water partition coefficient (Wildman–Crippen LogP) is 3.06. The highest BCUT2D eigenvalue weighted by molar-refractivity contribution is 5.30. The lowest BCUT2D eigenvalue weighted by molar-refractivity contribution is 0.167. The average Bonchev–Trinajstić information content (AvgIpc) is 2.88. The molecule has 0 spiro atoms. The fourth-order valence-electron chi connectivity index (χ4n) is 3.80. The van der Waals surface area contributed by atoms with Gasteiger partial charge in [0.1, 0.15) is 0 Å². The Morgan fingerprint density at radius 3 is 2.52 bits per heavy atom. The minimum atomic E-state index is 0.328. The first kappa shape index (κ1) is 14.3. The summed E-state index contributed by atoms with van der Waals surface area (Å²) >= 11 is 0. The molecule has 0 bridgehead atoms. The van der Waals surface area contributed by atoms with Crippen LogP contribution in [-0.2, 0) is 18.9 Å². The topological polar surface area (TPSA) is 29.9 Å². The van der Waals surface area contributed by atoms with Crippen molar-refractivity contribution < 1.29 is 0 Å². The number of aromatic nitrogens is 2. The molecular formula is C18H25N3. The average molecular weight is 283 g/mol. The van der Waals surface area contributed by atoms with Gasteiger partial charge in [0.25, 0.3) is 0 Å². The highest BCUT2D eigenvalue weighted by atomic mass is 15.2. The van der Waals surface area contributed by atoms with Gasteiger partial charge in [-0.25, -0.2) is 0 Å². The third kappa shape index (κ3) is 2.62. The van der Waals surface area contributed by atoms with Gasteiger partial charge in [0.2, 0.25) is 0 Å². The normalized spacial score (nSPS) is 18.2. The van der Waals surface area contributed by atoms with Crippen LogP contribution in [0.1, 0.15) is 36.9 Å². The van der Waals surface area contributed by atoms with Crippen molar-refractivity contribution in [2.45, 2.75) is 43.6 Å². The maximum atomic E-state index is 4.27. The number of benzene rings is 1. The van der Waals surface area contributed by atoms with Crippen molar-refractivity contribution in [3.63, 3.8) is 0 Å². The number of nitrogens with zero attached hydrogens (tertiary/aromatic N) is 2. The number of hydrogen-bond acceptors (Lipinski definition) is 2. The summed E-state index contributed by atoms with van der Waals surface area (Å²) in [5, 5.41) is 7.87. The van der Waals surface area contributed by atoms with Crippen LogP contribution in [0.25, 0.3) is 0 Å². The smallest absolute Gasteiger partial charge is 0.0492 e. The first-order valence-electron chi connectivity index (χ1n) is 7.96. The van der Waals surface area contributed by atoms with Crippen molar-refractivity contribution in [3.05, 3.63) is 53.9 Å². The zero-order valence-corrected chi connectivity index (χ0v) is 13.0. The maximum absolute atomic E-state index is 4.27. The van der Waals surface area contributed by atoms with Crippen molar-refractivity contribution in [2.24, 2.45) is 7.05 Å². The summed E-state index contributed by atoms with van der Waals surface area (Å²) < 4.78 is 1.99. The van der Waals surface area contributed by atoms with Gasteiger partial charge in [-0.15, -0.1) is 0 Å². The van der Waals surface area contributed by atoms with Crippen LogP contribution < -0.4 is 5.32 Å². The Morgan fingerprint density at radius 1 is 1.24 bits per heavy atom. The molecular weight excluding hydrogens is 258 g/mol. The van der Waals surface area contributed by atoms with Crippen LogP contribution >= 0.6 is 0 Å². The summed E-state index contributed by atoms with van der Waals surface area (Å²) in [5.41, 5.74) is 3.15. The lowest BCUT2D eigenvalue weighted by Crippen LogP contribution is -2.52. The molecule has 0 saturated heterocycles. The summed E-state index contributed by atoms with van der Waals surface area (Å²) in [6.07, 6.45) is 8.07. The third-order valence-electron chi connectivity index (χ3n) is 5.22. The van der Waals surface area contributed by atoms with Gasteiger partial charge in [0.15, 0.2) is 0 Å². The van der Waals surface area contributed by atoms with Gasteiger partial charge in [-0.3, -0.25) is 4.68 Å². The zero-order valence-electron chi connectivity index (χ0n) is 13.0. The second kappa shape index (κ2) is 6.02. The van der Waals surface area contributed by atoms with E-state index < -0.39 is 0 Å². The van der Waals surface area contributed by atoms with E-state index >= 15 is 0 Å². The largest absolute Gasteiger partial charge is 0.316 e. The Balaban J connectivity index is 1.76. The Bertz CT molecular complexity index is 569. The molecule has 1 unspecified atom stereocenters. The van der Waals surface area contributed by atoms with Gasteiger partial charge in [0.05, 0.1) is 0 Å². The van der Waals surface area contributed by atoms with Gasteiger partial charge in [-0.05, 0) is 44.4 Å².